The Morgan fingerprint density at radius 1 is 1.14 bits per heavy atom. The predicted octanol–water partition coefficient (Wildman–Crippen LogP) is 3.38. The second-order valence-corrected chi connectivity index (χ2v) is 10.6. The molecule has 4 nitrogen and oxygen atoms in total. The molecule has 1 unspecified atom stereocenters. The molecule has 6 aliphatic rings. The average molecular weight is 377 g/mol. The van der Waals surface area contributed by atoms with Crippen molar-refractivity contribution in [3.8, 4) is 6.07 Å². The van der Waals surface area contributed by atoms with Gasteiger partial charge in [-0.1, -0.05) is 6.07 Å². The molecule has 4 atom stereocenters. The van der Waals surface area contributed by atoms with Crippen LogP contribution in [0.1, 0.15) is 55.2 Å². The highest BCUT2D eigenvalue weighted by atomic mass is 16.7. The predicted molar refractivity (Wildman–Crippen MR) is 104 cm³/mol. The van der Waals surface area contributed by atoms with Gasteiger partial charge in [0, 0.05) is 42.8 Å². The van der Waals surface area contributed by atoms with Gasteiger partial charge in [-0.05, 0) is 67.2 Å². The summed E-state index contributed by atoms with van der Waals surface area (Å²) in [4.78, 5) is 2.84. The van der Waals surface area contributed by atoms with Crippen LogP contribution in [0.2, 0.25) is 0 Å². The molecule has 2 aliphatic heterocycles. The molecule has 0 amide bonds. The van der Waals surface area contributed by atoms with Crippen LogP contribution in [0, 0.1) is 28.6 Å². The Bertz CT molecular complexity index is 896. The first-order chi connectivity index (χ1) is 13.7. The third-order valence-corrected chi connectivity index (χ3v) is 9.04. The van der Waals surface area contributed by atoms with Crippen molar-refractivity contribution in [1.82, 2.24) is 4.90 Å². The van der Waals surface area contributed by atoms with Crippen LogP contribution in [-0.2, 0) is 21.3 Å². The zero-order valence-electron chi connectivity index (χ0n) is 16.5. The number of fused-ring (bicyclic) bond motifs is 2. The lowest BCUT2D eigenvalue weighted by molar-refractivity contribution is -0.200. The maximum Gasteiger partial charge on any atom is 0.169 e. The van der Waals surface area contributed by atoms with Gasteiger partial charge >= 0.3 is 0 Å². The number of hydrogen-bond acceptors (Lipinski definition) is 4. The van der Waals surface area contributed by atoms with E-state index in [1.807, 2.05) is 6.07 Å². The van der Waals surface area contributed by atoms with Gasteiger partial charge in [-0.2, -0.15) is 5.26 Å². The lowest BCUT2D eigenvalue weighted by Gasteiger charge is -2.57. The largest absolute Gasteiger partial charge is 0.348 e. The van der Waals surface area contributed by atoms with Gasteiger partial charge in [0.1, 0.15) is 0 Å². The van der Waals surface area contributed by atoms with Crippen LogP contribution < -0.4 is 0 Å². The fourth-order valence-corrected chi connectivity index (χ4v) is 8.16. The third kappa shape index (κ3) is 1.96. The Kier molecular flexibility index (Phi) is 3.04. The van der Waals surface area contributed by atoms with E-state index in [1.54, 1.807) is 0 Å². The summed E-state index contributed by atoms with van der Waals surface area (Å²) in [5.74, 6) is 1.27. The maximum atomic E-state index is 9.56. The van der Waals surface area contributed by atoms with Crippen LogP contribution in [0.3, 0.4) is 0 Å². The van der Waals surface area contributed by atoms with Crippen molar-refractivity contribution in [1.29, 1.82) is 5.26 Å². The summed E-state index contributed by atoms with van der Waals surface area (Å²) in [7, 11) is 0. The van der Waals surface area contributed by atoms with E-state index in [-0.39, 0.29) is 11.2 Å². The summed E-state index contributed by atoms with van der Waals surface area (Å²) >= 11 is 0. The van der Waals surface area contributed by atoms with Crippen molar-refractivity contribution < 1.29 is 9.47 Å². The molecule has 2 saturated heterocycles. The number of likely N-dealkylation sites (tertiary alicyclic amines) is 1. The second-order valence-electron chi connectivity index (χ2n) is 10.6. The molecule has 7 rings (SSSR count). The summed E-state index contributed by atoms with van der Waals surface area (Å²) in [6, 6.07) is 9.63. The molecule has 4 heteroatoms. The summed E-state index contributed by atoms with van der Waals surface area (Å²) in [5.41, 5.74) is 4.35. The molecule has 0 aromatic heterocycles. The highest BCUT2D eigenvalue weighted by Crippen LogP contribution is 2.71. The second kappa shape index (κ2) is 5.19. The lowest BCUT2D eigenvalue weighted by atomic mass is 9.58. The molecule has 0 radical (unpaired) electrons. The van der Waals surface area contributed by atoms with E-state index in [9.17, 15) is 5.26 Å². The van der Waals surface area contributed by atoms with Gasteiger partial charge in [-0.25, -0.2) is 0 Å². The molecule has 5 fully saturated rings. The number of benzene rings is 1. The van der Waals surface area contributed by atoms with Crippen molar-refractivity contribution in [3.63, 3.8) is 0 Å². The van der Waals surface area contributed by atoms with Crippen molar-refractivity contribution in [3.05, 3.63) is 34.9 Å². The first-order valence-electron chi connectivity index (χ1n) is 11.2. The molecule has 4 aliphatic carbocycles. The normalized spacial score (nSPS) is 42.4. The fourth-order valence-electron chi connectivity index (χ4n) is 8.16. The minimum Gasteiger partial charge on any atom is -0.348 e. The van der Waals surface area contributed by atoms with E-state index in [0.29, 0.717) is 11.3 Å². The molecule has 0 N–H and O–H groups in total. The molecule has 3 spiro atoms. The van der Waals surface area contributed by atoms with Gasteiger partial charge in [-0.15, -0.1) is 0 Å². The molecule has 1 aromatic carbocycles. The van der Waals surface area contributed by atoms with E-state index in [1.165, 1.54) is 56.3 Å². The van der Waals surface area contributed by atoms with Gasteiger partial charge in [0.25, 0.3) is 0 Å². The van der Waals surface area contributed by atoms with E-state index in [4.69, 9.17) is 9.47 Å². The Hall–Kier alpha value is -1.41. The molecule has 146 valence electrons. The van der Waals surface area contributed by atoms with Crippen LogP contribution in [-0.4, -0.2) is 43.0 Å². The number of hydrogen-bond donors (Lipinski definition) is 0. The number of ether oxygens (including phenoxy) is 2. The smallest absolute Gasteiger partial charge is 0.169 e. The van der Waals surface area contributed by atoms with Crippen LogP contribution in [0.25, 0.3) is 0 Å². The van der Waals surface area contributed by atoms with Gasteiger partial charge < -0.3 is 9.47 Å². The van der Waals surface area contributed by atoms with E-state index >= 15 is 0 Å². The first-order valence-corrected chi connectivity index (χ1v) is 11.2. The van der Waals surface area contributed by atoms with Crippen LogP contribution >= 0.6 is 0 Å². The average Bonchev–Trinajstić information content (AvgIpc) is 3.37. The molecule has 3 saturated carbocycles. The Balaban J connectivity index is 1.36. The summed E-state index contributed by atoms with van der Waals surface area (Å²) in [5, 5.41) is 9.56. The molecule has 1 aromatic rings. The van der Waals surface area contributed by atoms with Crippen molar-refractivity contribution >= 4 is 0 Å². The van der Waals surface area contributed by atoms with E-state index < -0.39 is 0 Å². The highest BCUT2D eigenvalue weighted by molar-refractivity contribution is 5.50. The Morgan fingerprint density at radius 2 is 2.00 bits per heavy atom. The number of nitrogens with zero attached hydrogens (tertiary/aromatic N) is 2. The van der Waals surface area contributed by atoms with Gasteiger partial charge in [-0.3, -0.25) is 4.90 Å². The monoisotopic (exact) mass is 376 g/mol. The lowest BCUT2D eigenvalue weighted by Crippen LogP contribution is -2.65. The van der Waals surface area contributed by atoms with E-state index in [0.717, 1.165) is 43.6 Å². The summed E-state index contributed by atoms with van der Waals surface area (Å²) in [6.07, 6.45) is 8.56. The summed E-state index contributed by atoms with van der Waals surface area (Å²) < 4.78 is 12.5. The van der Waals surface area contributed by atoms with Crippen molar-refractivity contribution in [2.75, 3.05) is 26.3 Å². The molecule has 2 heterocycles. The van der Waals surface area contributed by atoms with Crippen LogP contribution in [0.4, 0.5) is 0 Å². The van der Waals surface area contributed by atoms with Crippen LogP contribution in [0.15, 0.2) is 18.2 Å². The van der Waals surface area contributed by atoms with Gasteiger partial charge in [0.15, 0.2) is 5.79 Å². The SMILES string of the molecule is N#Cc1ccc2c(c1)[C@@]13CC4(CC[C@H]1[C@@H]1N(CC5CC5)CC1(C2)C3)OCCO4. The minimum absolute atomic E-state index is 0.131. The van der Waals surface area contributed by atoms with Crippen molar-refractivity contribution in [2.45, 2.75) is 62.2 Å². The zero-order chi connectivity index (χ0) is 18.6. The zero-order valence-corrected chi connectivity index (χ0v) is 16.5. The highest BCUT2D eigenvalue weighted by Gasteiger charge is 2.73. The number of nitriles is 1. The fraction of sp³-hybridized carbons (Fsp3) is 0.708. The maximum absolute atomic E-state index is 9.56. The minimum atomic E-state index is -0.375. The third-order valence-electron chi connectivity index (χ3n) is 9.04. The topological polar surface area (TPSA) is 45.5 Å². The first kappa shape index (κ1) is 16.4. The quantitative estimate of drug-likeness (QED) is 0.794. The Morgan fingerprint density at radius 3 is 2.79 bits per heavy atom. The van der Waals surface area contributed by atoms with Gasteiger partial charge in [0.05, 0.1) is 24.8 Å². The summed E-state index contributed by atoms with van der Waals surface area (Å²) in [6.45, 7) is 4.06. The molecular formula is C24H28N2O2. The number of rotatable bonds is 2. The Labute approximate surface area is 166 Å². The molecule has 28 heavy (non-hydrogen) atoms. The molecular weight excluding hydrogens is 348 g/mol. The van der Waals surface area contributed by atoms with Crippen LogP contribution in [0.5, 0.6) is 0 Å². The van der Waals surface area contributed by atoms with Crippen molar-refractivity contribution in [2.24, 2.45) is 17.3 Å². The molecule has 2 bridgehead atoms. The standard InChI is InChI=1S/C24H28N2O2/c25-11-17-3-4-18-10-22-13-23(20(18)9-17)14-24(27-7-8-28-24)6-5-19(23)21(22)26(15-22)12-16-1-2-16/h3-4,9,16,19,21H,1-2,5-8,10,12-15H2/t19-,21-,22?,23-/m0/s1. The van der Waals surface area contributed by atoms with Gasteiger partial charge in [0.2, 0.25) is 0 Å². The van der Waals surface area contributed by atoms with E-state index in [2.05, 4.69) is 23.1 Å².